The first kappa shape index (κ1) is 19.3. The number of nitrogens with zero attached hydrogens (tertiary/aromatic N) is 3. The van der Waals surface area contributed by atoms with Crippen molar-refractivity contribution in [2.75, 3.05) is 25.1 Å². The van der Waals surface area contributed by atoms with Crippen molar-refractivity contribution in [3.05, 3.63) is 33.9 Å². The Morgan fingerprint density at radius 1 is 1.23 bits per heavy atom. The minimum Gasteiger partial charge on any atom is -0.382 e. The third-order valence-corrected chi connectivity index (χ3v) is 3.29. The molecule has 10 nitrogen and oxygen atoms in total. The molecule has 0 atom stereocenters. The summed E-state index contributed by atoms with van der Waals surface area (Å²) in [5.74, 6) is -1.23. The van der Waals surface area contributed by atoms with Gasteiger partial charge in [0.05, 0.1) is 5.69 Å². The van der Waals surface area contributed by atoms with Crippen LogP contribution in [-0.4, -0.2) is 51.3 Å². The molecule has 0 fully saturated rings. The van der Waals surface area contributed by atoms with Gasteiger partial charge in [0.2, 0.25) is 5.95 Å². The minimum atomic E-state index is -0.836. The molecule has 0 bridgehead atoms. The molecular formula is C16H22N6O4. The summed E-state index contributed by atoms with van der Waals surface area (Å²) in [6.45, 7) is 6.71. The van der Waals surface area contributed by atoms with Gasteiger partial charge in [-0.1, -0.05) is 0 Å². The molecule has 2 rings (SSSR count). The number of aromatic nitrogens is 4. The van der Waals surface area contributed by atoms with Gasteiger partial charge in [-0.2, -0.15) is 9.78 Å². The molecular weight excluding hydrogens is 340 g/mol. The first-order valence-electron chi connectivity index (χ1n) is 8.22. The number of anilines is 1. The van der Waals surface area contributed by atoms with Gasteiger partial charge in [-0.3, -0.25) is 19.4 Å². The van der Waals surface area contributed by atoms with E-state index in [1.165, 1.54) is 10.7 Å². The maximum absolute atomic E-state index is 12.1. The van der Waals surface area contributed by atoms with Gasteiger partial charge in [0.25, 0.3) is 5.56 Å². The van der Waals surface area contributed by atoms with E-state index < -0.39 is 11.8 Å². The molecule has 2 heterocycles. The van der Waals surface area contributed by atoms with Crippen molar-refractivity contribution in [3.63, 3.8) is 0 Å². The summed E-state index contributed by atoms with van der Waals surface area (Å²) in [4.78, 5) is 42.3. The van der Waals surface area contributed by atoms with Crippen LogP contribution >= 0.6 is 0 Å². The Hall–Kier alpha value is -3.01. The molecule has 0 radical (unpaired) electrons. The lowest BCUT2D eigenvalue weighted by atomic mass is 10.4. The summed E-state index contributed by atoms with van der Waals surface area (Å²) in [5.41, 5.74) is 0.743. The summed E-state index contributed by atoms with van der Waals surface area (Å²) >= 11 is 0. The van der Waals surface area contributed by atoms with Crippen molar-refractivity contribution >= 4 is 17.6 Å². The fraction of sp³-hybridized carbons (Fsp3) is 0.438. The van der Waals surface area contributed by atoms with Crippen molar-refractivity contribution in [1.82, 2.24) is 25.1 Å². The largest absolute Gasteiger partial charge is 0.382 e. The maximum Gasteiger partial charge on any atom is 0.314 e. The lowest BCUT2D eigenvalue weighted by Crippen LogP contribution is -2.36. The van der Waals surface area contributed by atoms with Crippen LogP contribution in [0.15, 0.2) is 16.9 Å². The Kier molecular flexibility index (Phi) is 6.61. The number of ether oxygens (including phenoxy) is 1. The second kappa shape index (κ2) is 8.90. The molecule has 26 heavy (non-hydrogen) atoms. The normalized spacial score (nSPS) is 10.6. The third-order valence-electron chi connectivity index (χ3n) is 3.29. The molecule has 3 N–H and O–H groups in total. The Morgan fingerprint density at radius 2 is 2.00 bits per heavy atom. The van der Waals surface area contributed by atoms with Gasteiger partial charge in [0.1, 0.15) is 5.82 Å². The maximum atomic E-state index is 12.1. The standard InChI is InChI=1S/C16H22N6O4/c1-4-26-7-5-6-17-14(24)15(25)19-12-8-11(3)21-22(12)16-18-10(2)9-13(23)20-16/h8-9H,4-7H2,1-3H3,(H,17,24)(H,19,25)(H,18,20,23). The summed E-state index contributed by atoms with van der Waals surface area (Å²) in [6, 6.07) is 2.91. The third kappa shape index (κ3) is 5.24. The van der Waals surface area contributed by atoms with Crippen LogP contribution in [-0.2, 0) is 14.3 Å². The van der Waals surface area contributed by atoms with Crippen LogP contribution in [0.25, 0.3) is 5.95 Å². The molecule has 0 aliphatic rings. The van der Waals surface area contributed by atoms with Crippen LogP contribution in [0, 0.1) is 13.8 Å². The van der Waals surface area contributed by atoms with Gasteiger partial charge in [0.15, 0.2) is 0 Å². The van der Waals surface area contributed by atoms with E-state index in [4.69, 9.17) is 4.74 Å². The number of hydrogen-bond donors (Lipinski definition) is 3. The number of carbonyl (C=O) groups is 2. The lowest BCUT2D eigenvalue weighted by molar-refractivity contribution is -0.136. The predicted molar refractivity (Wildman–Crippen MR) is 94.2 cm³/mol. The number of amides is 2. The first-order valence-corrected chi connectivity index (χ1v) is 8.22. The molecule has 0 aromatic carbocycles. The van der Waals surface area contributed by atoms with Gasteiger partial charge in [0, 0.05) is 37.6 Å². The molecule has 0 saturated heterocycles. The van der Waals surface area contributed by atoms with E-state index >= 15 is 0 Å². The monoisotopic (exact) mass is 362 g/mol. The van der Waals surface area contributed by atoms with Crippen molar-refractivity contribution in [2.24, 2.45) is 0 Å². The van der Waals surface area contributed by atoms with Crippen LogP contribution < -0.4 is 16.2 Å². The summed E-state index contributed by atoms with van der Waals surface area (Å²) in [7, 11) is 0. The summed E-state index contributed by atoms with van der Waals surface area (Å²) in [5, 5.41) is 9.18. The van der Waals surface area contributed by atoms with Crippen LogP contribution in [0.3, 0.4) is 0 Å². The number of aromatic amines is 1. The number of aryl methyl sites for hydroxylation is 2. The highest BCUT2D eigenvalue weighted by atomic mass is 16.5. The fourth-order valence-corrected chi connectivity index (χ4v) is 2.19. The summed E-state index contributed by atoms with van der Waals surface area (Å²) in [6.07, 6.45) is 0.609. The smallest absolute Gasteiger partial charge is 0.314 e. The van der Waals surface area contributed by atoms with Crippen molar-refractivity contribution in [2.45, 2.75) is 27.2 Å². The van der Waals surface area contributed by atoms with Gasteiger partial charge < -0.3 is 15.4 Å². The average Bonchev–Trinajstić information content (AvgIpc) is 2.94. The van der Waals surface area contributed by atoms with Crippen LogP contribution in [0.4, 0.5) is 5.82 Å². The Labute approximate surface area is 150 Å². The van der Waals surface area contributed by atoms with E-state index in [1.807, 2.05) is 6.92 Å². The highest BCUT2D eigenvalue weighted by Crippen LogP contribution is 2.13. The molecule has 0 aliphatic heterocycles. The number of nitrogens with one attached hydrogen (secondary N) is 3. The zero-order valence-electron chi connectivity index (χ0n) is 15.0. The van der Waals surface area contributed by atoms with Gasteiger partial charge in [-0.15, -0.1) is 0 Å². The summed E-state index contributed by atoms with van der Waals surface area (Å²) < 4.78 is 6.43. The molecule has 140 valence electrons. The van der Waals surface area contributed by atoms with Crippen molar-refractivity contribution in [3.8, 4) is 5.95 Å². The molecule has 10 heteroatoms. The van der Waals surface area contributed by atoms with E-state index in [1.54, 1.807) is 19.9 Å². The fourth-order valence-electron chi connectivity index (χ4n) is 2.19. The molecule has 0 spiro atoms. The lowest BCUT2D eigenvalue weighted by Gasteiger charge is -2.09. The van der Waals surface area contributed by atoms with E-state index in [2.05, 4.69) is 25.7 Å². The molecule has 0 unspecified atom stereocenters. The van der Waals surface area contributed by atoms with E-state index in [0.29, 0.717) is 37.6 Å². The quantitative estimate of drug-likeness (QED) is 0.471. The SMILES string of the molecule is CCOCCCNC(=O)C(=O)Nc1cc(C)nn1-c1nc(C)cc(=O)[nH]1. The minimum absolute atomic E-state index is 0.149. The Bertz CT molecular complexity index is 842. The molecule has 0 saturated carbocycles. The van der Waals surface area contributed by atoms with E-state index in [9.17, 15) is 14.4 Å². The molecule has 2 amide bonds. The topological polar surface area (TPSA) is 131 Å². The highest BCUT2D eigenvalue weighted by molar-refractivity contribution is 6.39. The first-order chi connectivity index (χ1) is 12.4. The second-order valence-corrected chi connectivity index (χ2v) is 5.55. The predicted octanol–water partition coefficient (Wildman–Crippen LogP) is 0.0537. The second-order valence-electron chi connectivity index (χ2n) is 5.55. The highest BCUT2D eigenvalue weighted by Gasteiger charge is 2.18. The van der Waals surface area contributed by atoms with Crippen LogP contribution in [0.1, 0.15) is 24.7 Å². The number of hydrogen-bond acceptors (Lipinski definition) is 6. The Morgan fingerprint density at radius 3 is 2.69 bits per heavy atom. The van der Waals surface area contributed by atoms with Crippen molar-refractivity contribution < 1.29 is 14.3 Å². The molecule has 2 aromatic rings. The molecule has 0 aliphatic carbocycles. The van der Waals surface area contributed by atoms with Crippen LogP contribution in [0.2, 0.25) is 0 Å². The number of rotatable bonds is 7. The van der Waals surface area contributed by atoms with E-state index in [-0.39, 0.29) is 17.3 Å². The van der Waals surface area contributed by atoms with E-state index in [0.717, 1.165) is 0 Å². The van der Waals surface area contributed by atoms with Crippen molar-refractivity contribution in [1.29, 1.82) is 0 Å². The molecule has 2 aromatic heterocycles. The zero-order valence-corrected chi connectivity index (χ0v) is 15.0. The van der Waals surface area contributed by atoms with Gasteiger partial charge >= 0.3 is 11.8 Å². The average molecular weight is 362 g/mol. The van der Waals surface area contributed by atoms with Gasteiger partial charge in [-0.05, 0) is 27.2 Å². The zero-order chi connectivity index (χ0) is 19.1. The van der Waals surface area contributed by atoms with Crippen LogP contribution in [0.5, 0.6) is 0 Å². The Balaban J connectivity index is 2.06. The number of carbonyl (C=O) groups excluding carboxylic acids is 2. The van der Waals surface area contributed by atoms with Gasteiger partial charge in [-0.25, -0.2) is 4.98 Å². The number of H-pyrrole nitrogens is 1.